The molecule has 1 heterocycles. The van der Waals surface area contributed by atoms with Crippen molar-refractivity contribution in [2.75, 3.05) is 0 Å². The first-order chi connectivity index (χ1) is 8.24. The average Bonchev–Trinajstić information content (AvgIpc) is 2.29. The molecule has 2 aromatic rings. The van der Waals surface area contributed by atoms with Gasteiger partial charge in [-0.3, -0.25) is 4.98 Å². The third-order valence-electron chi connectivity index (χ3n) is 2.33. The van der Waals surface area contributed by atoms with Crippen LogP contribution in [0, 0.1) is 5.82 Å². The summed E-state index contributed by atoms with van der Waals surface area (Å²) in [5, 5.41) is 3.26. The van der Waals surface area contributed by atoms with Gasteiger partial charge in [-0.15, -0.1) is 0 Å². The van der Waals surface area contributed by atoms with Crippen LogP contribution < -0.4 is 5.32 Å². The van der Waals surface area contributed by atoms with Crippen LogP contribution in [0.25, 0.3) is 0 Å². The third-order valence-corrected chi connectivity index (χ3v) is 2.79. The Morgan fingerprint density at radius 1 is 1.06 bits per heavy atom. The number of nitrogens with zero attached hydrogens (tertiary/aromatic N) is 1. The zero-order chi connectivity index (χ0) is 12.1. The van der Waals surface area contributed by atoms with E-state index in [0.717, 1.165) is 22.1 Å². The number of benzene rings is 1. The zero-order valence-corrected chi connectivity index (χ0v) is 10.7. The maximum absolute atomic E-state index is 13.1. The van der Waals surface area contributed by atoms with E-state index in [4.69, 9.17) is 0 Å². The molecule has 17 heavy (non-hydrogen) atoms. The average molecular weight is 295 g/mol. The summed E-state index contributed by atoms with van der Waals surface area (Å²) in [6.45, 7) is 1.38. The van der Waals surface area contributed by atoms with Crippen LogP contribution in [0.2, 0.25) is 0 Å². The van der Waals surface area contributed by atoms with Crippen molar-refractivity contribution in [3.05, 3.63) is 64.1 Å². The van der Waals surface area contributed by atoms with E-state index >= 15 is 0 Å². The molecule has 0 aliphatic rings. The highest BCUT2D eigenvalue weighted by Gasteiger charge is 1.99. The van der Waals surface area contributed by atoms with Gasteiger partial charge in [0.05, 0.1) is 0 Å². The molecular weight excluding hydrogens is 283 g/mol. The predicted octanol–water partition coefficient (Wildman–Crippen LogP) is 3.27. The minimum atomic E-state index is -0.222. The van der Waals surface area contributed by atoms with Crippen LogP contribution in [0.15, 0.2) is 47.2 Å². The van der Waals surface area contributed by atoms with Gasteiger partial charge in [0.15, 0.2) is 0 Å². The second-order valence-electron chi connectivity index (χ2n) is 3.74. The van der Waals surface area contributed by atoms with E-state index < -0.39 is 0 Å². The van der Waals surface area contributed by atoms with Crippen molar-refractivity contribution in [2.45, 2.75) is 13.1 Å². The molecule has 1 N–H and O–H groups in total. The van der Waals surface area contributed by atoms with Gasteiger partial charge in [-0.25, -0.2) is 4.39 Å². The summed E-state index contributed by atoms with van der Waals surface area (Å²) in [4.78, 5) is 3.95. The Morgan fingerprint density at radius 3 is 2.47 bits per heavy atom. The molecule has 0 saturated carbocycles. The van der Waals surface area contributed by atoms with Gasteiger partial charge in [-0.1, -0.05) is 15.9 Å². The van der Waals surface area contributed by atoms with Crippen LogP contribution in [0.1, 0.15) is 11.1 Å². The molecule has 2 rings (SSSR count). The maximum atomic E-state index is 13.1. The highest BCUT2D eigenvalue weighted by Crippen LogP contribution is 2.14. The summed E-state index contributed by atoms with van der Waals surface area (Å²) >= 11 is 3.27. The van der Waals surface area contributed by atoms with Gasteiger partial charge in [-0.05, 0) is 41.5 Å². The van der Waals surface area contributed by atoms with Crippen LogP contribution >= 0.6 is 15.9 Å². The molecule has 0 amide bonds. The quantitative estimate of drug-likeness (QED) is 0.936. The largest absolute Gasteiger partial charge is 0.309 e. The second-order valence-corrected chi connectivity index (χ2v) is 4.65. The van der Waals surface area contributed by atoms with Crippen molar-refractivity contribution in [3.63, 3.8) is 0 Å². The Hall–Kier alpha value is -1.26. The lowest BCUT2D eigenvalue weighted by atomic mass is 10.2. The number of aromatic nitrogens is 1. The van der Waals surface area contributed by atoms with E-state index in [1.165, 1.54) is 12.1 Å². The Morgan fingerprint density at radius 2 is 1.76 bits per heavy atom. The summed E-state index contributed by atoms with van der Waals surface area (Å²) in [5.41, 5.74) is 2.08. The molecule has 1 aromatic heterocycles. The van der Waals surface area contributed by atoms with E-state index in [-0.39, 0.29) is 5.82 Å². The van der Waals surface area contributed by atoms with E-state index in [0.29, 0.717) is 6.54 Å². The van der Waals surface area contributed by atoms with E-state index in [2.05, 4.69) is 26.2 Å². The van der Waals surface area contributed by atoms with Crippen LogP contribution in [-0.2, 0) is 13.1 Å². The van der Waals surface area contributed by atoms with E-state index in [1.807, 2.05) is 18.2 Å². The van der Waals surface area contributed by atoms with Gasteiger partial charge in [0, 0.05) is 30.0 Å². The van der Waals surface area contributed by atoms with Gasteiger partial charge in [-0.2, -0.15) is 0 Å². The first kappa shape index (κ1) is 12.2. The van der Waals surface area contributed by atoms with Crippen LogP contribution in [0.4, 0.5) is 4.39 Å². The number of halogens is 2. The lowest BCUT2D eigenvalue weighted by Gasteiger charge is -2.05. The van der Waals surface area contributed by atoms with Crippen molar-refractivity contribution in [1.29, 1.82) is 0 Å². The Labute approximate surface area is 108 Å². The van der Waals surface area contributed by atoms with Crippen molar-refractivity contribution < 1.29 is 4.39 Å². The summed E-state index contributed by atoms with van der Waals surface area (Å²) < 4.78 is 13.9. The standard InChI is InChI=1S/C13H12BrFN2/c14-12-5-11(6-13(15)7-12)9-17-8-10-1-3-16-4-2-10/h1-7,17H,8-9H2. The minimum Gasteiger partial charge on any atom is -0.309 e. The first-order valence-electron chi connectivity index (χ1n) is 5.28. The summed E-state index contributed by atoms with van der Waals surface area (Å²) in [5.74, 6) is -0.222. The molecule has 0 radical (unpaired) electrons. The van der Waals surface area contributed by atoms with Gasteiger partial charge in [0.2, 0.25) is 0 Å². The number of hydrogen-bond donors (Lipinski definition) is 1. The second kappa shape index (κ2) is 5.89. The van der Waals surface area contributed by atoms with Crippen molar-refractivity contribution in [2.24, 2.45) is 0 Å². The van der Waals surface area contributed by atoms with Crippen LogP contribution in [0.3, 0.4) is 0 Å². The van der Waals surface area contributed by atoms with E-state index in [9.17, 15) is 4.39 Å². The molecular formula is C13H12BrFN2. The number of nitrogens with one attached hydrogen (secondary N) is 1. The molecule has 0 bridgehead atoms. The fourth-order valence-corrected chi connectivity index (χ4v) is 2.08. The summed E-state index contributed by atoms with van der Waals surface area (Å²) in [7, 11) is 0. The highest BCUT2D eigenvalue weighted by molar-refractivity contribution is 9.10. The van der Waals surface area contributed by atoms with Crippen molar-refractivity contribution in [1.82, 2.24) is 10.3 Å². The normalized spacial score (nSPS) is 10.5. The third kappa shape index (κ3) is 3.91. The van der Waals surface area contributed by atoms with Gasteiger partial charge in [0.1, 0.15) is 5.82 Å². The predicted molar refractivity (Wildman–Crippen MR) is 68.9 cm³/mol. The number of hydrogen-bond acceptors (Lipinski definition) is 2. The lowest BCUT2D eigenvalue weighted by molar-refractivity contribution is 0.619. The Bertz CT molecular complexity index is 468. The zero-order valence-electron chi connectivity index (χ0n) is 9.16. The fraction of sp³-hybridized carbons (Fsp3) is 0.154. The van der Waals surface area contributed by atoms with Crippen LogP contribution in [0.5, 0.6) is 0 Å². The molecule has 0 unspecified atom stereocenters. The topological polar surface area (TPSA) is 24.9 Å². The minimum absolute atomic E-state index is 0.222. The molecule has 0 fully saturated rings. The van der Waals surface area contributed by atoms with E-state index in [1.54, 1.807) is 12.4 Å². The Balaban J connectivity index is 1.90. The monoisotopic (exact) mass is 294 g/mol. The van der Waals surface area contributed by atoms with Crippen molar-refractivity contribution >= 4 is 15.9 Å². The molecule has 88 valence electrons. The maximum Gasteiger partial charge on any atom is 0.124 e. The molecule has 0 aliphatic heterocycles. The number of rotatable bonds is 4. The molecule has 0 saturated heterocycles. The number of pyridine rings is 1. The van der Waals surface area contributed by atoms with Gasteiger partial charge >= 0.3 is 0 Å². The Kier molecular flexibility index (Phi) is 4.23. The molecule has 4 heteroatoms. The molecule has 1 aromatic carbocycles. The van der Waals surface area contributed by atoms with Crippen molar-refractivity contribution in [3.8, 4) is 0 Å². The molecule has 0 aliphatic carbocycles. The smallest absolute Gasteiger partial charge is 0.124 e. The first-order valence-corrected chi connectivity index (χ1v) is 6.08. The highest BCUT2D eigenvalue weighted by atomic mass is 79.9. The molecule has 2 nitrogen and oxygen atoms in total. The van der Waals surface area contributed by atoms with Gasteiger partial charge < -0.3 is 5.32 Å². The van der Waals surface area contributed by atoms with Crippen LogP contribution in [-0.4, -0.2) is 4.98 Å². The fourth-order valence-electron chi connectivity index (χ4n) is 1.56. The lowest BCUT2D eigenvalue weighted by Crippen LogP contribution is -2.12. The molecule has 0 atom stereocenters. The summed E-state index contributed by atoms with van der Waals surface area (Å²) in [6.07, 6.45) is 3.52. The summed E-state index contributed by atoms with van der Waals surface area (Å²) in [6, 6.07) is 8.79. The molecule has 0 spiro atoms. The SMILES string of the molecule is Fc1cc(Br)cc(CNCc2ccncc2)c1. The van der Waals surface area contributed by atoms with Gasteiger partial charge in [0.25, 0.3) is 0 Å².